The first-order valence-electron chi connectivity index (χ1n) is 6.75. The van der Waals surface area contributed by atoms with E-state index in [1.807, 2.05) is 22.8 Å². The van der Waals surface area contributed by atoms with Crippen molar-refractivity contribution in [2.75, 3.05) is 0 Å². The molecule has 2 N–H and O–H groups in total. The molecule has 0 fully saturated rings. The lowest BCUT2D eigenvalue weighted by Gasteiger charge is -2.17. The fourth-order valence-corrected chi connectivity index (χ4v) is 2.51. The largest absolute Gasteiger partial charge is 0.345 e. The van der Waals surface area contributed by atoms with E-state index in [2.05, 4.69) is 0 Å². The highest BCUT2D eigenvalue weighted by Gasteiger charge is 2.12. The van der Waals surface area contributed by atoms with Gasteiger partial charge in [0.2, 0.25) is 0 Å². The maximum Gasteiger partial charge on any atom is 0.189 e. The first-order chi connectivity index (χ1) is 10.2. The molecule has 2 aromatic carbocycles. The molecule has 0 aliphatic rings. The Morgan fingerprint density at radius 3 is 2.57 bits per heavy atom. The third-order valence-corrected chi connectivity index (χ3v) is 3.58. The molecular formula is C17H15FN2O. The minimum atomic E-state index is -0.475. The van der Waals surface area contributed by atoms with Crippen LogP contribution in [0.4, 0.5) is 4.39 Å². The second kappa shape index (κ2) is 5.50. The van der Waals surface area contributed by atoms with Crippen LogP contribution in [0.25, 0.3) is 10.9 Å². The Balaban J connectivity index is 2.01. The van der Waals surface area contributed by atoms with Crippen LogP contribution in [0.3, 0.4) is 0 Å². The van der Waals surface area contributed by atoms with Gasteiger partial charge in [0.05, 0.1) is 11.6 Å². The highest BCUT2D eigenvalue weighted by atomic mass is 19.1. The molecule has 4 heteroatoms. The zero-order valence-electron chi connectivity index (χ0n) is 11.4. The van der Waals surface area contributed by atoms with Crippen molar-refractivity contribution in [1.82, 2.24) is 4.57 Å². The summed E-state index contributed by atoms with van der Waals surface area (Å²) in [6.45, 7) is 0.404. The van der Waals surface area contributed by atoms with Gasteiger partial charge in [-0.2, -0.15) is 0 Å². The number of hydrogen-bond donors (Lipinski definition) is 1. The molecule has 3 aromatic rings. The van der Waals surface area contributed by atoms with Crippen molar-refractivity contribution in [3.63, 3.8) is 0 Å². The van der Waals surface area contributed by atoms with Crippen molar-refractivity contribution in [1.29, 1.82) is 0 Å². The molecule has 21 heavy (non-hydrogen) atoms. The second-order valence-electron chi connectivity index (χ2n) is 4.98. The first-order valence-corrected chi connectivity index (χ1v) is 6.75. The van der Waals surface area contributed by atoms with Gasteiger partial charge in [0.25, 0.3) is 0 Å². The van der Waals surface area contributed by atoms with Crippen LogP contribution < -0.4 is 11.2 Å². The highest BCUT2D eigenvalue weighted by Crippen LogP contribution is 2.18. The van der Waals surface area contributed by atoms with Gasteiger partial charge in [0, 0.05) is 29.8 Å². The zero-order chi connectivity index (χ0) is 14.8. The monoisotopic (exact) mass is 282 g/mol. The number of benzene rings is 2. The van der Waals surface area contributed by atoms with E-state index in [1.54, 1.807) is 30.5 Å². The fourth-order valence-electron chi connectivity index (χ4n) is 2.51. The summed E-state index contributed by atoms with van der Waals surface area (Å²) >= 11 is 0. The molecule has 0 radical (unpaired) electrons. The number of para-hydroxylation sites is 1. The van der Waals surface area contributed by atoms with Crippen molar-refractivity contribution >= 4 is 10.9 Å². The van der Waals surface area contributed by atoms with E-state index in [0.717, 1.165) is 5.52 Å². The van der Waals surface area contributed by atoms with Gasteiger partial charge in [0.15, 0.2) is 5.43 Å². The molecule has 0 spiro atoms. The number of fused-ring (bicyclic) bond motifs is 1. The van der Waals surface area contributed by atoms with E-state index in [-0.39, 0.29) is 11.2 Å². The van der Waals surface area contributed by atoms with Crippen molar-refractivity contribution in [2.45, 2.75) is 12.6 Å². The van der Waals surface area contributed by atoms with Crippen molar-refractivity contribution in [3.05, 3.63) is 82.4 Å². The smallest absolute Gasteiger partial charge is 0.189 e. The molecular weight excluding hydrogens is 267 g/mol. The van der Waals surface area contributed by atoms with E-state index in [0.29, 0.717) is 17.5 Å². The Morgan fingerprint density at radius 1 is 1.05 bits per heavy atom. The predicted octanol–water partition coefficient (Wildman–Crippen LogP) is 2.84. The first kappa shape index (κ1) is 13.5. The Morgan fingerprint density at radius 2 is 1.76 bits per heavy atom. The molecule has 3 nitrogen and oxygen atoms in total. The third kappa shape index (κ3) is 2.58. The maximum absolute atomic E-state index is 13.8. The molecule has 3 rings (SSSR count). The molecule has 0 aliphatic carbocycles. The molecule has 0 aliphatic heterocycles. The Hall–Kier alpha value is -2.46. The van der Waals surface area contributed by atoms with E-state index < -0.39 is 6.04 Å². The second-order valence-corrected chi connectivity index (χ2v) is 4.98. The minimum absolute atomic E-state index is 0.0266. The lowest BCUT2D eigenvalue weighted by Crippen LogP contribution is -2.20. The van der Waals surface area contributed by atoms with Crippen LogP contribution in [0, 0.1) is 5.82 Å². The number of rotatable bonds is 3. The van der Waals surface area contributed by atoms with Crippen molar-refractivity contribution < 1.29 is 4.39 Å². The lowest BCUT2D eigenvalue weighted by molar-refractivity contribution is 0.538. The van der Waals surface area contributed by atoms with Crippen molar-refractivity contribution in [3.8, 4) is 0 Å². The van der Waals surface area contributed by atoms with Gasteiger partial charge >= 0.3 is 0 Å². The standard InChI is InChI=1S/C17H15FN2O/c18-14-7-3-1-5-12(14)15(19)11-20-10-9-17(21)13-6-2-4-8-16(13)20/h1-10,15H,11,19H2. The fraction of sp³-hybridized carbons (Fsp3) is 0.118. The van der Waals surface area contributed by atoms with Crippen LogP contribution in [0.2, 0.25) is 0 Å². The molecule has 0 bridgehead atoms. The van der Waals surface area contributed by atoms with E-state index in [4.69, 9.17) is 5.73 Å². The SMILES string of the molecule is NC(Cn1ccc(=O)c2ccccc21)c1ccccc1F. The quantitative estimate of drug-likeness (QED) is 0.803. The summed E-state index contributed by atoms with van der Waals surface area (Å²) < 4.78 is 15.7. The summed E-state index contributed by atoms with van der Waals surface area (Å²) in [5.74, 6) is -0.310. The van der Waals surface area contributed by atoms with Crippen LogP contribution in [-0.2, 0) is 6.54 Å². The summed E-state index contributed by atoms with van der Waals surface area (Å²) in [6, 6.07) is 14.9. The number of aromatic nitrogens is 1. The molecule has 1 atom stereocenters. The summed E-state index contributed by atoms with van der Waals surface area (Å²) in [5, 5.41) is 0.640. The Bertz CT molecular complexity index is 841. The lowest BCUT2D eigenvalue weighted by atomic mass is 10.1. The van der Waals surface area contributed by atoms with Gasteiger partial charge in [-0.25, -0.2) is 4.39 Å². The van der Waals surface area contributed by atoms with Gasteiger partial charge in [-0.1, -0.05) is 30.3 Å². The van der Waals surface area contributed by atoms with Crippen LogP contribution in [0.15, 0.2) is 65.6 Å². The van der Waals surface area contributed by atoms with Gasteiger partial charge < -0.3 is 10.3 Å². The summed E-state index contributed by atoms with van der Waals surface area (Å²) in [5.41, 5.74) is 7.37. The number of nitrogens with two attached hydrogens (primary N) is 1. The molecule has 0 amide bonds. The average molecular weight is 282 g/mol. The van der Waals surface area contributed by atoms with E-state index in [9.17, 15) is 9.18 Å². The number of pyridine rings is 1. The van der Waals surface area contributed by atoms with Crippen molar-refractivity contribution in [2.24, 2.45) is 5.73 Å². The predicted molar refractivity (Wildman–Crippen MR) is 81.5 cm³/mol. The molecule has 1 unspecified atom stereocenters. The number of halogens is 1. The average Bonchev–Trinajstić information content (AvgIpc) is 2.51. The Kier molecular flexibility index (Phi) is 3.54. The summed E-state index contributed by atoms with van der Waals surface area (Å²) in [6.07, 6.45) is 1.70. The highest BCUT2D eigenvalue weighted by molar-refractivity contribution is 5.78. The van der Waals surface area contributed by atoms with Crippen LogP contribution in [-0.4, -0.2) is 4.57 Å². The van der Waals surface area contributed by atoms with Crippen LogP contribution in [0.5, 0.6) is 0 Å². The molecule has 0 saturated carbocycles. The summed E-state index contributed by atoms with van der Waals surface area (Å²) in [7, 11) is 0. The maximum atomic E-state index is 13.8. The van der Waals surface area contributed by atoms with Gasteiger partial charge in [-0.3, -0.25) is 4.79 Å². The van der Waals surface area contributed by atoms with Gasteiger partial charge in [-0.15, -0.1) is 0 Å². The topological polar surface area (TPSA) is 48.0 Å². The third-order valence-electron chi connectivity index (χ3n) is 3.58. The van der Waals surface area contributed by atoms with E-state index >= 15 is 0 Å². The van der Waals surface area contributed by atoms with Gasteiger partial charge in [-0.05, 0) is 18.2 Å². The van der Waals surface area contributed by atoms with Crippen LogP contribution >= 0.6 is 0 Å². The Labute approximate surface area is 121 Å². The minimum Gasteiger partial charge on any atom is -0.345 e. The molecule has 0 saturated heterocycles. The molecule has 106 valence electrons. The summed E-state index contributed by atoms with van der Waals surface area (Å²) in [4.78, 5) is 11.8. The zero-order valence-corrected chi connectivity index (χ0v) is 11.4. The van der Waals surface area contributed by atoms with Crippen LogP contribution in [0.1, 0.15) is 11.6 Å². The van der Waals surface area contributed by atoms with E-state index in [1.165, 1.54) is 12.1 Å². The number of hydrogen-bond acceptors (Lipinski definition) is 2. The number of nitrogens with zero attached hydrogens (tertiary/aromatic N) is 1. The normalized spacial score (nSPS) is 12.5. The molecule has 1 heterocycles. The molecule has 1 aromatic heterocycles. The van der Waals surface area contributed by atoms with Gasteiger partial charge in [0.1, 0.15) is 5.82 Å².